The Kier molecular flexibility index (Phi) is 6.50. The Morgan fingerprint density at radius 2 is 1.59 bits per heavy atom. The highest BCUT2D eigenvalue weighted by molar-refractivity contribution is 7.88. The van der Waals surface area contributed by atoms with Crippen LogP contribution in [0.25, 0.3) is 0 Å². The van der Waals surface area contributed by atoms with Crippen molar-refractivity contribution >= 4 is 21.8 Å². The molecule has 220 valence electrons. The molecule has 0 aliphatic heterocycles. The van der Waals surface area contributed by atoms with Crippen LogP contribution in [0.5, 0.6) is 0 Å². The quantitative estimate of drug-likeness (QED) is 0.415. The molecular formula is C32H51NO5S. The maximum absolute atomic E-state index is 14.5. The van der Waals surface area contributed by atoms with Crippen LogP contribution in [0.4, 0.5) is 0 Å². The molecule has 0 aromatic carbocycles. The van der Waals surface area contributed by atoms with Gasteiger partial charge in [0.15, 0.2) is 5.78 Å². The molecule has 0 aromatic rings. The average molecular weight is 562 g/mol. The third-order valence-electron chi connectivity index (χ3n) is 13.3. The van der Waals surface area contributed by atoms with Gasteiger partial charge in [0.2, 0.25) is 10.0 Å². The number of esters is 1. The average Bonchev–Trinajstić information content (AvgIpc) is 2.77. The number of nitrogens with one attached hydrogen (secondary N) is 1. The van der Waals surface area contributed by atoms with Gasteiger partial charge in [-0.05, 0) is 104 Å². The van der Waals surface area contributed by atoms with E-state index in [2.05, 4.69) is 46.3 Å². The maximum Gasteiger partial charge on any atom is 0.302 e. The van der Waals surface area contributed by atoms with Gasteiger partial charge in [-0.15, -0.1) is 0 Å². The van der Waals surface area contributed by atoms with Crippen LogP contribution in [0.1, 0.15) is 113 Å². The molecule has 0 saturated heterocycles. The highest BCUT2D eigenvalue weighted by Gasteiger charge is 2.70. The van der Waals surface area contributed by atoms with Crippen molar-refractivity contribution in [1.29, 1.82) is 0 Å². The molecule has 7 heteroatoms. The minimum atomic E-state index is -3.34. The van der Waals surface area contributed by atoms with E-state index in [0.29, 0.717) is 5.92 Å². The van der Waals surface area contributed by atoms with Crippen LogP contribution in [0, 0.1) is 44.8 Å². The molecule has 4 fully saturated rings. The molecule has 0 radical (unpaired) electrons. The Morgan fingerprint density at radius 3 is 2.21 bits per heavy atom. The lowest BCUT2D eigenvalue weighted by Crippen LogP contribution is -2.67. The SMILES string of the molecule is CC(=O)O[C@H]1CC[C@@]2(C)C(CC[C@]3(C)[C@@H]2C(=O)C=C2[C@@H]4C[C@@](C)(NS(C)(=O)=O)CC[C@]4(C)CC[C@]23C)C1(C)C. The third kappa shape index (κ3) is 4.21. The summed E-state index contributed by atoms with van der Waals surface area (Å²) in [6, 6.07) is 0. The van der Waals surface area contributed by atoms with Gasteiger partial charge in [-0.2, -0.15) is 0 Å². The van der Waals surface area contributed by atoms with E-state index in [-0.39, 0.29) is 56.8 Å². The summed E-state index contributed by atoms with van der Waals surface area (Å²) in [6.45, 7) is 17.6. The van der Waals surface area contributed by atoms with E-state index in [4.69, 9.17) is 4.74 Å². The van der Waals surface area contributed by atoms with Crippen LogP contribution < -0.4 is 4.72 Å². The van der Waals surface area contributed by atoms with Gasteiger partial charge in [-0.1, -0.05) is 47.1 Å². The molecule has 39 heavy (non-hydrogen) atoms. The molecule has 0 amide bonds. The fourth-order valence-electron chi connectivity index (χ4n) is 11.1. The molecule has 4 saturated carbocycles. The number of fused-ring (bicyclic) bond motifs is 7. The van der Waals surface area contributed by atoms with E-state index in [1.54, 1.807) is 0 Å². The number of ketones is 1. The predicted octanol–water partition coefficient (Wildman–Crippen LogP) is 6.20. The zero-order valence-electron chi connectivity index (χ0n) is 25.7. The summed E-state index contributed by atoms with van der Waals surface area (Å²) in [5.41, 5.74) is 0.246. The number of hydrogen-bond acceptors (Lipinski definition) is 5. The van der Waals surface area contributed by atoms with Crippen LogP contribution in [0.15, 0.2) is 11.6 Å². The van der Waals surface area contributed by atoms with Crippen LogP contribution >= 0.6 is 0 Å². The Labute approximate surface area is 236 Å². The summed E-state index contributed by atoms with van der Waals surface area (Å²) in [7, 11) is -3.34. The van der Waals surface area contributed by atoms with Gasteiger partial charge in [-0.25, -0.2) is 13.1 Å². The first-order chi connectivity index (χ1) is 17.7. The first-order valence-electron chi connectivity index (χ1n) is 15.1. The fourth-order valence-corrected chi connectivity index (χ4v) is 12.2. The van der Waals surface area contributed by atoms with Crippen molar-refractivity contribution in [2.75, 3.05) is 6.26 Å². The van der Waals surface area contributed by atoms with Crippen LogP contribution in [0.3, 0.4) is 0 Å². The van der Waals surface area contributed by atoms with E-state index in [1.165, 1.54) is 18.8 Å². The van der Waals surface area contributed by atoms with Crippen molar-refractivity contribution in [3.8, 4) is 0 Å². The molecular weight excluding hydrogens is 510 g/mol. The molecule has 1 N–H and O–H groups in total. The van der Waals surface area contributed by atoms with Crippen molar-refractivity contribution in [3.05, 3.63) is 11.6 Å². The zero-order chi connectivity index (χ0) is 29.0. The number of carbonyl (C=O) groups is 2. The molecule has 5 aliphatic rings. The van der Waals surface area contributed by atoms with Crippen molar-refractivity contribution in [2.45, 2.75) is 125 Å². The summed E-state index contributed by atoms with van der Waals surface area (Å²) >= 11 is 0. The normalized spacial score (nSPS) is 49.1. The van der Waals surface area contributed by atoms with E-state index in [9.17, 15) is 18.0 Å². The number of carbonyl (C=O) groups excluding carboxylic acids is 2. The van der Waals surface area contributed by atoms with Gasteiger partial charge in [-0.3, -0.25) is 9.59 Å². The van der Waals surface area contributed by atoms with Crippen LogP contribution in [-0.2, 0) is 24.3 Å². The van der Waals surface area contributed by atoms with Gasteiger partial charge in [0, 0.05) is 23.8 Å². The highest BCUT2D eigenvalue weighted by Crippen LogP contribution is 2.74. The van der Waals surface area contributed by atoms with Gasteiger partial charge < -0.3 is 4.74 Å². The third-order valence-corrected chi connectivity index (χ3v) is 14.1. The molecule has 9 atom stereocenters. The van der Waals surface area contributed by atoms with Crippen molar-refractivity contribution in [3.63, 3.8) is 0 Å². The van der Waals surface area contributed by atoms with E-state index in [0.717, 1.165) is 57.8 Å². The lowest BCUT2D eigenvalue weighted by molar-refractivity contribution is -0.210. The van der Waals surface area contributed by atoms with Crippen LogP contribution in [0.2, 0.25) is 0 Å². The maximum atomic E-state index is 14.5. The smallest absolute Gasteiger partial charge is 0.302 e. The molecule has 5 rings (SSSR count). The Balaban J connectivity index is 1.56. The predicted molar refractivity (Wildman–Crippen MR) is 153 cm³/mol. The molecule has 0 bridgehead atoms. The Bertz CT molecular complexity index is 1220. The summed E-state index contributed by atoms with van der Waals surface area (Å²) in [5.74, 6) is 0.471. The van der Waals surface area contributed by atoms with Gasteiger partial charge in [0.05, 0.1) is 6.26 Å². The topological polar surface area (TPSA) is 89.5 Å². The lowest BCUT2D eigenvalue weighted by atomic mass is 9.33. The summed E-state index contributed by atoms with van der Waals surface area (Å²) in [6.07, 6.45) is 11.6. The number of rotatable bonds is 3. The van der Waals surface area contributed by atoms with Crippen molar-refractivity contribution in [1.82, 2.24) is 4.72 Å². The molecule has 5 aliphatic carbocycles. The Morgan fingerprint density at radius 1 is 0.949 bits per heavy atom. The largest absolute Gasteiger partial charge is 0.462 e. The number of ether oxygens (including phenoxy) is 1. The fraction of sp³-hybridized carbons (Fsp3) is 0.875. The monoisotopic (exact) mass is 561 g/mol. The highest BCUT2D eigenvalue weighted by atomic mass is 32.2. The van der Waals surface area contributed by atoms with Gasteiger partial charge in [0.25, 0.3) is 0 Å². The minimum absolute atomic E-state index is 0.0662. The summed E-state index contributed by atoms with van der Waals surface area (Å²) in [4.78, 5) is 26.4. The summed E-state index contributed by atoms with van der Waals surface area (Å²) < 4.78 is 33.4. The van der Waals surface area contributed by atoms with E-state index >= 15 is 0 Å². The van der Waals surface area contributed by atoms with Crippen molar-refractivity contribution < 1.29 is 22.7 Å². The molecule has 6 nitrogen and oxygen atoms in total. The first-order valence-corrected chi connectivity index (χ1v) is 17.0. The second kappa shape index (κ2) is 8.65. The number of allylic oxidation sites excluding steroid dienone is 2. The number of hydrogen-bond donors (Lipinski definition) is 1. The zero-order valence-corrected chi connectivity index (χ0v) is 26.5. The standard InChI is InChI=1S/C32H51NO5S/c1-20(34)38-25-11-12-30(6)24(27(25,2)3)10-13-32(8)26(30)23(35)18-21-22-19-29(5,33-39(9,36)37)16-14-28(22,4)15-17-31(21,32)7/h18,22,24-26,33H,10-17,19H2,1-9H3/t22-,24?,25-,26+,28+,29-,30-,31+,32+/m0/s1. The second-order valence-electron chi connectivity index (χ2n) is 16.1. The minimum Gasteiger partial charge on any atom is -0.462 e. The number of sulfonamides is 1. The lowest BCUT2D eigenvalue weighted by Gasteiger charge is -2.70. The van der Waals surface area contributed by atoms with Crippen LogP contribution in [-0.4, -0.2) is 38.1 Å². The van der Waals surface area contributed by atoms with Crippen molar-refractivity contribution in [2.24, 2.45) is 44.8 Å². The second-order valence-corrected chi connectivity index (χ2v) is 17.8. The first kappa shape index (κ1) is 29.3. The van der Waals surface area contributed by atoms with E-state index < -0.39 is 15.6 Å². The van der Waals surface area contributed by atoms with Gasteiger partial charge in [0.1, 0.15) is 6.10 Å². The van der Waals surface area contributed by atoms with E-state index in [1.807, 2.05) is 13.0 Å². The van der Waals surface area contributed by atoms with Gasteiger partial charge >= 0.3 is 5.97 Å². The molecule has 1 unspecified atom stereocenters. The summed E-state index contributed by atoms with van der Waals surface area (Å²) in [5, 5.41) is 0. The Hall–Kier alpha value is -1.21. The molecule has 0 aromatic heterocycles. The molecule has 0 heterocycles. The molecule has 0 spiro atoms.